The van der Waals surface area contributed by atoms with Crippen LogP contribution in [-0.4, -0.2) is 42.2 Å². The molecule has 0 unspecified atom stereocenters. The molecule has 3 N–H and O–H groups in total. The highest BCUT2D eigenvalue weighted by Gasteiger charge is 2.21. The van der Waals surface area contributed by atoms with Crippen LogP contribution in [0.4, 0.5) is 0 Å². The third-order valence-corrected chi connectivity index (χ3v) is 4.16. The molecule has 106 valence electrons. The van der Waals surface area contributed by atoms with Gasteiger partial charge >= 0.3 is 5.97 Å². The maximum atomic E-state index is 12.1. The van der Waals surface area contributed by atoms with Gasteiger partial charge in [-0.1, -0.05) is 12.1 Å². The molecule has 1 aromatic heterocycles. The van der Waals surface area contributed by atoms with Gasteiger partial charge in [0.15, 0.2) is 6.10 Å². The van der Waals surface area contributed by atoms with Gasteiger partial charge in [0.1, 0.15) is 0 Å². The SMILES string of the molecule is O=C(O)[C@@H](O)CNS(=O)(=O)c1cccc2cnccc12. The Hall–Kier alpha value is -2.03. The van der Waals surface area contributed by atoms with Crippen molar-refractivity contribution in [3.05, 3.63) is 36.7 Å². The van der Waals surface area contributed by atoms with Crippen LogP contribution >= 0.6 is 0 Å². The number of benzene rings is 1. The van der Waals surface area contributed by atoms with E-state index in [1.165, 1.54) is 18.5 Å². The lowest BCUT2D eigenvalue weighted by Crippen LogP contribution is -2.36. The van der Waals surface area contributed by atoms with Crippen molar-refractivity contribution in [2.45, 2.75) is 11.0 Å². The van der Waals surface area contributed by atoms with Crippen molar-refractivity contribution < 1.29 is 23.4 Å². The van der Waals surface area contributed by atoms with Crippen LogP contribution < -0.4 is 4.72 Å². The number of hydrogen-bond donors (Lipinski definition) is 3. The summed E-state index contributed by atoms with van der Waals surface area (Å²) in [5, 5.41) is 18.8. The summed E-state index contributed by atoms with van der Waals surface area (Å²) in [5.74, 6) is -1.49. The third kappa shape index (κ3) is 2.93. The van der Waals surface area contributed by atoms with E-state index in [4.69, 9.17) is 10.2 Å². The molecule has 0 aliphatic rings. The number of rotatable bonds is 5. The Balaban J connectivity index is 2.35. The summed E-state index contributed by atoms with van der Waals surface area (Å²) in [6, 6.07) is 6.23. The van der Waals surface area contributed by atoms with Gasteiger partial charge in [0.2, 0.25) is 10.0 Å². The maximum absolute atomic E-state index is 12.1. The second-order valence-electron chi connectivity index (χ2n) is 4.06. The highest BCUT2D eigenvalue weighted by atomic mass is 32.2. The molecule has 0 aliphatic heterocycles. The first-order chi connectivity index (χ1) is 9.42. The standard InChI is InChI=1S/C12H12N2O5S/c15-10(12(16)17)7-14-20(18,19)11-3-1-2-8-6-13-5-4-9(8)11/h1-6,10,14-15H,7H2,(H,16,17)/t10-/m0/s1. The van der Waals surface area contributed by atoms with Crippen molar-refractivity contribution >= 4 is 26.8 Å². The summed E-state index contributed by atoms with van der Waals surface area (Å²) < 4.78 is 26.3. The number of aliphatic hydroxyl groups is 1. The molecule has 8 heteroatoms. The van der Waals surface area contributed by atoms with E-state index < -0.39 is 28.6 Å². The number of aliphatic hydroxyl groups excluding tert-OH is 1. The van der Waals surface area contributed by atoms with Crippen molar-refractivity contribution in [3.8, 4) is 0 Å². The van der Waals surface area contributed by atoms with Crippen molar-refractivity contribution in [1.29, 1.82) is 0 Å². The van der Waals surface area contributed by atoms with Crippen LogP contribution in [0.25, 0.3) is 10.8 Å². The Morgan fingerprint density at radius 2 is 2.10 bits per heavy atom. The van der Waals surface area contributed by atoms with Gasteiger partial charge in [-0.15, -0.1) is 0 Å². The normalized spacial score (nSPS) is 13.2. The predicted octanol–water partition coefficient (Wildman–Crippen LogP) is -0.0414. The molecule has 0 bridgehead atoms. The molecule has 0 radical (unpaired) electrons. The van der Waals surface area contributed by atoms with Crippen LogP contribution in [-0.2, 0) is 14.8 Å². The summed E-state index contributed by atoms with van der Waals surface area (Å²) in [6.07, 6.45) is 1.20. The first-order valence-corrected chi connectivity index (χ1v) is 7.13. The fraction of sp³-hybridized carbons (Fsp3) is 0.167. The number of fused-ring (bicyclic) bond motifs is 1. The van der Waals surface area contributed by atoms with Crippen LogP contribution in [0.5, 0.6) is 0 Å². The number of sulfonamides is 1. The molecule has 20 heavy (non-hydrogen) atoms. The molecule has 7 nitrogen and oxygen atoms in total. The van der Waals surface area contributed by atoms with Crippen LogP contribution in [0, 0.1) is 0 Å². The minimum absolute atomic E-state index is 0.00925. The van der Waals surface area contributed by atoms with E-state index in [1.54, 1.807) is 18.2 Å². The second-order valence-corrected chi connectivity index (χ2v) is 5.79. The predicted molar refractivity (Wildman–Crippen MR) is 70.6 cm³/mol. The minimum Gasteiger partial charge on any atom is -0.479 e. The maximum Gasteiger partial charge on any atom is 0.333 e. The van der Waals surface area contributed by atoms with Crippen molar-refractivity contribution in [2.75, 3.05) is 6.54 Å². The first kappa shape index (κ1) is 14.4. The lowest BCUT2D eigenvalue weighted by Gasteiger charge is -2.10. The number of carboxylic acid groups (broad SMARTS) is 1. The molecule has 1 heterocycles. The first-order valence-electron chi connectivity index (χ1n) is 5.65. The van der Waals surface area contributed by atoms with Crippen LogP contribution in [0.15, 0.2) is 41.6 Å². The number of aliphatic carboxylic acids is 1. The molecular weight excluding hydrogens is 284 g/mol. The zero-order chi connectivity index (χ0) is 14.8. The smallest absolute Gasteiger partial charge is 0.333 e. The summed E-state index contributed by atoms with van der Waals surface area (Å²) in [6.45, 7) is -0.598. The number of nitrogens with one attached hydrogen (secondary N) is 1. The summed E-state index contributed by atoms with van der Waals surface area (Å²) in [4.78, 5) is 14.4. The van der Waals surface area contributed by atoms with E-state index in [1.807, 2.05) is 0 Å². The van der Waals surface area contributed by atoms with Crippen LogP contribution in [0.1, 0.15) is 0 Å². The fourth-order valence-electron chi connectivity index (χ4n) is 1.68. The lowest BCUT2D eigenvalue weighted by atomic mass is 10.2. The van der Waals surface area contributed by atoms with Gasteiger partial charge in [-0.05, 0) is 12.1 Å². The molecule has 2 rings (SSSR count). The molecule has 0 saturated carbocycles. The van der Waals surface area contributed by atoms with E-state index in [2.05, 4.69) is 9.71 Å². The van der Waals surface area contributed by atoms with Gasteiger partial charge in [0, 0.05) is 29.7 Å². The van der Waals surface area contributed by atoms with E-state index >= 15 is 0 Å². The highest BCUT2D eigenvalue weighted by molar-refractivity contribution is 7.89. The van der Waals surface area contributed by atoms with Crippen LogP contribution in [0.3, 0.4) is 0 Å². The minimum atomic E-state index is -3.92. The molecule has 0 aliphatic carbocycles. The van der Waals surface area contributed by atoms with Crippen molar-refractivity contribution in [1.82, 2.24) is 9.71 Å². The lowest BCUT2D eigenvalue weighted by molar-refractivity contribution is -0.146. The van der Waals surface area contributed by atoms with Gasteiger partial charge in [0.25, 0.3) is 0 Å². The Morgan fingerprint density at radius 1 is 1.35 bits per heavy atom. The molecule has 0 saturated heterocycles. The molecule has 0 amide bonds. The largest absolute Gasteiger partial charge is 0.479 e. The van der Waals surface area contributed by atoms with E-state index in [-0.39, 0.29) is 4.90 Å². The highest BCUT2D eigenvalue weighted by Crippen LogP contribution is 2.21. The zero-order valence-electron chi connectivity index (χ0n) is 10.2. The molecule has 0 spiro atoms. The van der Waals surface area contributed by atoms with Crippen molar-refractivity contribution in [3.63, 3.8) is 0 Å². The topological polar surface area (TPSA) is 117 Å². The Morgan fingerprint density at radius 3 is 2.80 bits per heavy atom. The molecule has 1 atom stereocenters. The monoisotopic (exact) mass is 296 g/mol. The van der Waals surface area contributed by atoms with E-state index in [0.717, 1.165) is 0 Å². The molecule has 0 fully saturated rings. The quantitative estimate of drug-likeness (QED) is 0.712. The molecule has 1 aromatic carbocycles. The number of pyridine rings is 1. The summed E-state index contributed by atoms with van der Waals surface area (Å²) in [7, 11) is -3.92. The third-order valence-electron chi connectivity index (χ3n) is 2.68. The van der Waals surface area contributed by atoms with E-state index in [9.17, 15) is 13.2 Å². The average Bonchev–Trinajstić information content (AvgIpc) is 2.44. The number of hydrogen-bond acceptors (Lipinski definition) is 5. The molecular formula is C12H12N2O5S. The van der Waals surface area contributed by atoms with Gasteiger partial charge in [-0.25, -0.2) is 17.9 Å². The molecule has 2 aromatic rings. The van der Waals surface area contributed by atoms with Crippen molar-refractivity contribution in [2.24, 2.45) is 0 Å². The Labute approximate surface area is 114 Å². The number of carbonyl (C=O) groups is 1. The zero-order valence-corrected chi connectivity index (χ0v) is 11.0. The van der Waals surface area contributed by atoms with Gasteiger partial charge in [-0.2, -0.15) is 0 Å². The van der Waals surface area contributed by atoms with Gasteiger partial charge < -0.3 is 10.2 Å². The number of aromatic nitrogens is 1. The fourth-order valence-corrected chi connectivity index (χ4v) is 2.95. The Bertz CT molecular complexity index is 739. The number of carboxylic acids is 1. The van der Waals surface area contributed by atoms with E-state index in [0.29, 0.717) is 10.8 Å². The summed E-state index contributed by atoms with van der Waals surface area (Å²) in [5.41, 5.74) is 0. The average molecular weight is 296 g/mol. The Kier molecular flexibility index (Phi) is 3.98. The van der Waals surface area contributed by atoms with Crippen LogP contribution in [0.2, 0.25) is 0 Å². The summed E-state index contributed by atoms with van der Waals surface area (Å²) >= 11 is 0. The van der Waals surface area contributed by atoms with Gasteiger partial charge in [-0.3, -0.25) is 4.98 Å². The second kappa shape index (κ2) is 5.53. The number of nitrogens with zero attached hydrogens (tertiary/aromatic N) is 1. The van der Waals surface area contributed by atoms with Gasteiger partial charge in [0.05, 0.1) is 4.90 Å².